The predicted molar refractivity (Wildman–Crippen MR) is 217 cm³/mol. The molecular weight excluding hydrogens is 639 g/mol. The molecule has 0 bridgehead atoms. The molecule has 0 fully saturated rings. The maximum atomic E-state index is 5.35. The van der Waals surface area contributed by atoms with Crippen LogP contribution in [0.3, 0.4) is 0 Å². The van der Waals surface area contributed by atoms with Crippen molar-refractivity contribution in [2.24, 2.45) is 0 Å². The Morgan fingerprint density at radius 3 is 2.00 bits per heavy atom. The summed E-state index contributed by atoms with van der Waals surface area (Å²) in [6.07, 6.45) is 6.34. The van der Waals surface area contributed by atoms with Crippen LogP contribution in [0.4, 0.5) is 0 Å². The number of benzene rings is 6. The van der Waals surface area contributed by atoms with E-state index in [1.165, 1.54) is 43.1 Å². The molecule has 0 spiro atoms. The zero-order valence-electron chi connectivity index (χ0n) is 28.8. The van der Waals surface area contributed by atoms with E-state index in [4.69, 9.17) is 15.0 Å². The summed E-state index contributed by atoms with van der Waals surface area (Å²) in [7, 11) is 0. The van der Waals surface area contributed by atoms with Gasteiger partial charge in [0.1, 0.15) is 5.01 Å². The molecule has 8 aromatic rings. The Hall–Kier alpha value is -5.97. The third-order valence-electron chi connectivity index (χ3n) is 10.2. The second-order valence-electron chi connectivity index (χ2n) is 13.6. The van der Waals surface area contributed by atoms with Gasteiger partial charge >= 0.3 is 0 Å². The van der Waals surface area contributed by atoms with Crippen LogP contribution in [0.25, 0.3) is 81.8 Å². The van der Waals surface area contributed by atoms with E-state index in [-0.39, 0.29) is 5.41 Å². The third kappa shape index (κ3) is 5.14. The molecule has 244 valence electrons. The molecule has 0 saturated carbocycles. The molecule has 0 unspecified atom stereocenters. The Balaban J connectivity index is 1.16. The van der Waals surface area contributed by atoms with Crippen LogP contribution in [0.5, 0.6) is 0 Å². The lowest BCUT2D eigenvalue weighted by atomic mass is 9.80. The highest BCUT2D eigenvalue weighted by molar-refractivity contribution is 7.21. The van der Waals surface area contributed by atoms with Crippen LogP contribution in [0.1, 0.15) is 31.9 Å². The standard InChI is InChI=1S/C47H35N3S/c1-5-13-36-37-24-21-34(27-39(37)47(3,4)38(36)6-2)46-50-44-42(51-46)25-22-31-18-19-32-26-33(20-23-35(32)43(31)44)45-48-40(29-14-9-7-10-15-29)28-41(49-45)30-16-11-8-12-17-30/h5-28H,2H2,1,3-4H3/b13-5-. The maximum absolute atomic E-state index is 5.35. The SMILES string of the molecule is C=CC1=C(/C=C\C)c2ccc(-c3nc4c(ccc5ccc6cc(-c7nc(-c8ccccc8)cc(-c8ccccc8)n7)ccc6c54)s3)cc2C1(C)C. The van der Waals surface area contributed by atoms with Crippen LogP contribution in [0.15, 0.2) is 158 Å². The maximum Gasteiger partial charge on any atom is 0.160 e. The summed E-state index contributed by atoms with van der Waals surface area (Å²) in [5.74, 6) is 0.706. The van der Waals surface area contributed by atoms with Crippen molar-refractivity contribution in [2.45, 2.75) is 26.2 Å². The average molecular weight is 674 g/mol. The molecule has 51 heavy (non-hydrogen) atoms. The molecule has 6 aromatic carbocycles. The summed E-state index contributed by atoms with van der Waals surface area (Å²) < 4.78 is 1.18. The topological polar surface area (TPSA) is 38.7 Å². The number of hydrogen-bond donors (Lipinski definition) is 0. The van der Waals surface area contributed by atoms with Gasteiger partial charge in [0.15, 0.2) is 5.82 Å². The van der Waals surface area contributed by atoms with E-state index in [0.717, 1.165) is 49.6 Å². The minimum Gasteiger partial charge on any atom is -0.235 e. The lowest BCUT2D eigenvalue weighted by Gasteiger charge is -2.23. The second-order valence-corrected chi connectivity index (χ2v) is 14.7. The highest BCUT2D eigenvalue weighted by Gasteiger charge is 2.35. The lowest BCUT2D eigenvalue weighted by Crippen LogP contribution is -2.16. The minimum absolute atomic E-state index is 0.134. The molecular formula is C47H35N3S. The zero-order valence-corrected chi connectivity index (χ0v) is 29.6. The molecule has 0 atom stereocenters. The van der Waals surface area contributed by atoms with Gasteiger partial charge in [0.2, 0.25) is 0 Å². The van der Waals surface area contributed by atoms with Gasteiger partial charge in [0, 0.05) is 33.1 Å². The molecule has 3 nitrogen and oxygen atoms in total. The van der Waals surface area contributed by atoms with E-state index < -0.39 is 0 Å². The van der Waals surface area contributed by atoms with E-state index in [0.29, 0.717) is 5.82 Å². The second kappa shape index (κ2) is 12.1. The van der Waals surface area contributed by atoms with Gasteiger partial charge < -0.3 is 0 Å². The molecule has 1 aliphatic rings. The van der Waals surface area contributed by atoms with Crippen molar-refractivity contribution in [3.8, 4) is 44.5 Å². The molecule has 0 N–H and O–H groups in total. The lowest BCUT2D eigenvalue weighted by molar-refractivity contribution is 0.655. The minimum atomic E-state index is -0.134. The zero-order chi connectivity index (χ0) is 34.7. The number of nitrogens with zero attached hydrogens (tertiary/aromatic N) is 3. The molecule has 2 heterocycles. The van der Waals surface area contributed by atoms with E-state index in [1.54, 1.807) is 11.3 Å². The number of allylic oxidation sites excluding steroid dienone is 5. The summed E-state index contributed by atoms with van der Waals surface area (Å²) in [5, 5.41) is 5.70. The van der Waals surface area contributed by atoms with E-state index in [9.17, 15) is 0 Å². The first-order chi connectivity index (χ1) is 24.9. The van der Waals surface area contributed by atoms with E-state index in [1.807, 2.05) is 42.5 Å². The summed E-state index contributed by atoms with van der Waals surface area (Å²) in [4.78, 5) is 15.5. The fourth-order valence-corrected chi connectivity index (χ4v) is 8.63. The number of rotatable bonds is 6. The van der Waals surface area contributed by atoms with Crippen LogP contribution < -0.4 is 0 Å². The summed E-state index contributed by atoms with van der Waals surface area (Å²) >= 11 is 1.76. The molecule has 0 aliphatic heterocycles. The van der Waals surface area contributed by atoms with Crippen LogP contribution in [0.2, 0.25) is 0 Å². The molecule has 1 aliphatic carbocycles. The van der Waals surface area contributed by atoms with Crippen molar-refractivity contribution in [3.05, 3.63) is 169 Å². The first-order valence-electron chi connectivity index (χ1n) is 17.3. The Kier molecular flexibility index (Phi) is 7.37. The summed E-state index contributed by atoms with van der Waals surface area (Å²) in [6.45, 7) is 10.8. The smallest absolute Gasteiger partial charge is 0.160 e. The molecule has 0 saturated heterocycles. The van der Waals surface area contributed by atoms with Crippen LogP contribution in [0, 0.1) is 0 Å². The normalized spacial score (nSPS) is 13.9. The predicted octanol–water partition coefficient (Wildman–Crippen LogP) is 12.9. The van der Waals surface area contributed by atoms with Gasteiger partial charge in [0.05, 0.1) is 21.6 Å². The van der Waals surface area contributed by atoms with Crippen molar-refractivity contribution in [3.63, 3.8) is 0 Å². The third-order valence-corrected chi connectivity index (χ3v) is 11.3. The molecule has 2 aromatic heterocycles. The first-order valence-corrected chi connectivity index (χ1v) is 18.2. The van der Waals surface area contributed by atoms with Crippen LogP contribution in [-0.4, -0.2) is 15.0 Å². The largest absolute Gasteiger partial charge is 0.235 e. The van der Waals surface area contributed by atoms with Crippen LogP contribution >= 0.6 is 11.3 Å². The van der Waals surface area contributed by atoms with E-state index >= 15 is 0 Å². The van der Waals surface area contributed by atoms with Gasteiger partial charge in [-0.2, -0.15) is 0 Å². The highest BCUT2D eigenvalue weighted by atomic mass is 32.1. The summed E-state index contributed by atoms with van der Waals surface area (Å²) in [6, 6.07) is 45.0. The fourth-order valence-electron chi connectivity index (χ4n) is 7.66. The molecule has 0 radical (unpaired) electrons. The van der Waals surface area contributed by atoms with Gasteiger partial charge in [-0.25, -0.2) is 15.0 Å². The number of thiazole rings is 1. The molecule has 4 heteroatoms. The molecule has 9 rings (SSSR count). The first kappa shape index (κ1) is 31.0. The van der Waals surface area contributed by atoms with Crippen LogP contribution in [-0.2, 0) is 5.41 Å². The van der Waals surface area contributed by atoms with Crippen molar-refractivity contribution >= 4 is 48.7 Å². The monoisotopic (exact) mass is 673 g/mol. The van der Waals surface area contributed by atoms with Gasteiger partial charge in [-0.05, 0) is 69.6 Å². The average Bonchev–Trinajstić information content (AvgIpc) is 3.71. The summed E-state index contributed by atoms with van der Waals surface area (Å²) in [5.41, 5.74) is 12.1. The van der Waals surface area contributed by atoms with Gasteiger partial charge in [-0.15, -0.1) is 11.3 Å². The van der Waals surface area contributed by atoms with Crippen molar-refractivity contribution in [1.29, 1.82) is 0 Å². The Morgan fingerprint density at radius 2 is 1.31 bits per heavy atom. The number of hydrogen-bond acceptors (Lipinski definition) is 4. The molecule has 0 amide bonds. The van der Waals surface area contributed by atoms with Gasteiger partial charge in [-0.1, -0.05) is 142 Å². The van der Waals surface area contributed by atoms with Crippen molar-refractivity contribution in [1.82, 2.24) is 15.0 Å². The van der Waals surface area contributed by atoms with Crippen molar-refractivity contribution in [2.75, 3.05) is 0 Å². The Morgan fingerprint density at radius 1 is 0.647 bits per heavy atom. The Bertz CT molecular complexity index is 2680. The van der Waals surface area contributed by atoms with E-state index in [2.05, 4.69) is 130 Å². The van der Waals surface area contributed by atoms with Gasteiger partial charge in [-0.3, -0.25) is 0 Å². The number of fused-ring (bicyclic) bond motifs is 6. The quantitative estimate of drug-likeness (QED) is 0.165. The highest BCUT2D eigenvalue weighted by Crippen LogP contribution is 2.49. The fraction of sp³-hybridized carbons (Fsp3) is 0.0851. The van der Waals surface area contributed by atoms with Crippen molar-refractivity contribution < 1.29 is 0 Å². The number of aromatic nitrogens is 3. The Labute approximate surface area is 302 Å². The van der Waals surface area contributed by atoms with Gasteiger partial charge in [0.25, 0.3) is 0 Å².